The third-order valence-electron chi connectivity index (χ3n) is 14.1. The molecule has 6 aromatic rings. The summed E-state index contributed by atoms with van der Waals surface area (Å²) in [4.78, 5) is 28.5. The molecule has 2 spiro atoms. The first-order valence-corrected chi connectivity index (χ1v) is 22.9. The molecule has 0 bridgehead atoms. The molecule has 2 N–H and O–H groups in total. The normalized spacial score (nSPS) is 20.3. The van der Waals surface area contributed by atoms with Gasteiger partial charge in [-0.05, 0) is 135 Å². The number of hydrogen-bond acceptors (Lipinski definition) is 6. The van der Waals surface area contributed by atoms with Crippen molar-refractivity contribution in [1.29, 1.82) is 0 Å². The number of para-hydroxylation sites is 2. The molecule has 62 heavy (non-hydrogen) atoms. The molecule has 12 rings (SSSR count). The summed E-state index contributed by atoms with van der Waals surface area (Å²) in [6.07, 6.45) is 15.4. The van der Waals surface area contributed by atoms with Crippen LogP contribution in [-0.2, 0) is 20.4 Å². The Morgan fingerprint density at radius 1 is 0.645 bits per heavy atom. The lowest BCUT2D eigenvalue weighted by Crippen LogP contribution is -2.30. The average Bonchev–Trinajstić information content (AvgIpc) is 4.05. The number of benzene rings is 4. The van der Waals surface area contributed by atoms with Crippen LogP contribution in [0.3, 0.4) is 0 Å². The van der Waals surface area contributed by atoms with Crippen molar-refractivity contribution < 1.29 is 17.2 Å². The molecule has 3 aliphatic carbocycles. The van der Waals surface area contributed by atoms with Gasteiger partial charge < -0.3 is 20.3 Å². The second kappa shape index (κ2) is 16.4. The highest BCUT2D eigenvalue weighted by molar-refractivity contribution is 6.09. The highest BCUT2D eigenvalue weighted by Gasteiger charge is 2.51. The molecule has 4 aromatic carbocycles. The zero-order valence-corrected chi connectivity index (χ0v) is 36.2. The van der Waals surface area contributed by atoms with E-state index in [2.05, 4.69) is 87.4 Å². The van der Waals surface area contributed by atoms with Crippen LogP contribution in [0.5, 0.6) is 5.75 Å². The van der Waals surface area contributed by atoms with Crippen LogP contribution in [0.1, 0.15) is 110 Å². The summed E-state index contributed by atoms with van der Waals surface area (Å²) >= 11 is 0. The van der Waals surface area contributed by atoms with E-state index in [1.807, 2.05) is 78.1 Å². The van der Waals surface area contributed by atoms with Gasteiger partial charge in [0.15, 0.2) is 0 Å². The number of nitrogens with one attached hydrogen (secondary N) is 2. The van der Waals surface area contributed by atoms with Gasteiger partial charge in [-0.3, -0.25) is 9.59 Å². The summed E-state index contributed by atoms with van der Waals surface area (Å²) in [5, 5.41) is 15.7. The first-order chi connectivity index (χ1) is 30.4. The molecular formula is C52H61N7O3. The average molecular weight is 832 g/mol. The van der Waals surface area contributed by atoms with Crippen LogP contribution >= 0.6 is 0 Å². The Hall–Kier alpha value is -6.00. The Labute approximate surface area is 367 Å². The van der Waals surface area contributed by atoms with Crippen LogP contribution in [-0.4, -0.2) is 62.5 Å². The minimum absolute atomic E-state index is 0. The summed E-state index contributed by atoms with van der Waals surface area (Å²) in [5.41, 5.74) is 11.3. The van der Waals surface area contributed by atoms with Gasteiger partial charge >= 0.3 is 0 Å². The van der Waals surface area contributed by atoms with Crippen LogP contribution in [0, 0.1) is 0 Å². The summed E-state index contributed by atoms with van der Waals surface area (Å²) in [7, 11) is 2.12. The van der Waals surface area contributed by atoms with Crippen LogP contribution in [0.2, 0.25) is 0 Å². The fourth-order valence-corrected chi connectivity index (χ4v) is 10.8. The molecule has 3 saturated carbocycles. The molecule has 10 heteroatoms. The van der Waals surface area contributed by atoms with E-state index in [9.17, 15) is 9.59 Å². The second-order valence-electron chi connectivity index (χ2n) is 17.9. The monoisotopic (exact) mass is 831 g/mol. The van der Waals surface area contributed by atoms with E-state index in [-0.39, 0.29) is 26.2 Å². The number of aromatic nitrogens is 4. The number of likely N-dealkylation sites (N-methyl/N-ethyl adjacent to an activating group) is 1. The molecule has 2 aromatic heterocycles. The lowest BCUT2D eigenvalue weighted by molar-refractivity contribution is -0.121. The molecule has 6 aliphatic rings. The van der Waals surface area contributed by atoms with Crippen LogP contribution in [0.15, 0.2) is 109 Å². The van der Waals surface area contributed by atoms with E-state index in [0.717, 1.165) is 122 Å². The molecule has 4 fully saturated rings. The molecular weight excluding hydrogens is 771 g/mol. The zero-order chi connectivity index (χ0) is 42.4. The predicted molar refractivity (Wildman–Crippen MR) is 250 cm³/mol. The number of amides is 2. The van der Waals surface area contributed by atoms with E-state index in [4.69, 9.17) is 4.74 Å². The Bertz CT molecular complexity index is 2610. The van der Waals surface area contributed by atoms with Crippen molar-refractivity contribution in [3.05, 3.63) is 126 Å². The summed E-state index contributed by atoms with van der Waals surface area (Å²) < 4.78 is 10.5. The maximum absolute atomic E-state index is 13.2. The molecule has 1 atom stereocenters. The molecule has 5 heterocycles. The van der Waals surface area contributed by atoms with Crippen molar-refractivity contribution in [2.75, 3.05) is 30.8 Å². The maximum Gasteiger partial charge on any atom is 0.235 e. The quantitative estimate of drug-likeness (QED) is 0.166. The standard InChI is InChI=1S/C26H28N4O2.C24H23N3O.C2H6.2H2/c1-29-14-10-20(17-29)32-23-16-18(22-9-13-27-30(22)19-7-3-2-4-8-19)15-21-24(23)28-25(31)26(21)11-5-6-12-26;28-23-24(11-4-5-12-24)20-15-17(14-19(16-8-9-16)22(20)26-23)21-10-13-25-27(21)18-6-2-1-3-7-18;1-2;;/h2-4,7-9,13,15-16,20H,5-6,10-12,14,17H2,1H3,(H,28,31);1-3,6-7,10,13-16H,4-5,8-9,11-12H2,(H,26,28);1-2H3;2*1H. The highest BCUT2D eigenvalue weighted by atomic mass is 16.5. The molecule has 3 aliphatic heterocycles. The van der Waals surface area contributed by atoms with Crippen LogP contribution in [0.4, 0.5) is 11.4 Å². The molecule has 2 amide bonds. The van der Waals surface area contributed by atoms with Gasteiger partial charge in [0.2, 0.25) is 11.8 Å². The minimum atomic E-state index is -0.423. The van der Waals surface area contributed by atoms with E-state index in [0.29, 0.717) is 5.92 Å². The van der Waals surface area contributed by atoms with E-state index in [1.54, 1.807) is 0 Å². The molecule has 1 saturated heterocycles. The topological polar surface area (TPSA) is 106 Å². The highest BCUT2D eigenvalue weighted by Crippen LogP contribution is 2.56. The van der Waals surface area contributed by atoms with Crippen LogP contribution in [0.25, 0.3) is 33.9 Å². The zero-order valence-electron chi connectivity index (χ0n) is 36.2. The number of nitrogens with zero attached hydrogens (tertiary/aromatic N) is 5. The largest absolute Gasteiger partial charge is 0.487 e. The minimum Gasteiger partial charge on any atom is -0.487 e. The number of fused-ring (bicyclic) bond motifs is 4. The second-order valence-corrected chi connectivity index (χ2v) is 17.9. The van der Waals surface area contributed by atoms with Crippen molar-refractivity contribution in [2.24, 2.45) is 0 Å². The van der Waals surface area contributed by atoms with Gasteiger partial charge in [-0.25, -0.2) is 9.36 Å². The number of hydrogen-bond donors (Lipinski definition) is 2. The number of ether oxygens (including phenoxy) is 1. The van der Waals surface area contributed by atoms with E-state index in [1.165, 1.54) is 29.5 Å². The van der Waals surface area contributed by atoms with Crippen molar-refractivity contribution in [2.45, 2.75) is 107 Å². The number of carbonyl (C=O) groups is 2. The number of likely N-dealkylation sites (tertiary alicyclic amines) is 1. The van der Waals surface area contributed by atoms with E-state index < -0.39 is 5.41 Å². The fourth-order valence-electron chi connectivity index (χ4n) is 10.8. The van der Waals surface area contributed by atoms with E-state index >= 15 is 0 Å². The van der Waals surface area contributed by atoms with Crippen molar-refractivity contribution in [3.63, 3.8) is 0 Å². The fraction of sp³-hybridized carbons (Fsp3) is 0.385. The predicted octanol–water partition coefficient (Wildman–Crippen LogP) is 11.1. The third-order valence-corrected chi connectivity index (χ3v) is 14.1. The SMILES string of the molecule is CC.CN1CCC(Oc2cc(-c3ccnn3-c3ccccc3)cc3c2NC(=O)C32CCCC2)C1.O=C1Nc2c(C3CC3)cc(-c3ccnn3-c3ccccc3)cc2C12CCCC2.[HH].[HH]. The van der Waals surface area contributed by atoms with Gasteiger partial charge in [0.05, 0.1) is 51.7 Å². The van der Waals surface area contributed by atoms with Gasteiger partial charge in [0.1, 0.15) is 11.9 Å². The number of rotatable bonds is 7. The van der Waals surface area contributed by atoms with Gasteiger partial charge in [0.25, 0.3) is 0 Å². The van der Waals surface area contributed by atoms with Crippen molar-refractivity contribution in [3.8, 4) is 39.6 Å². The maximum atomic E-state index is 13.2. The lowest BCUT2D eigenvalue weighted by Gasteiger charge is -2.23. The van der Waals surface area contributed by atoms with Gasteiger partial charge in [-0.15, -0.1) is 0 Å². The molecule has 0 radical (unpaired) electrons. The molecule has 10 nitrogen and oxygen atoms in total. The number of anilines is 2. The Morgan fingerprint density at radius 2 is 1.15 bits per heavy atom. The Balaban J connectivity index is 0.000000165. The first kappa shape index (κ1) is 40.1. The molecule has 1 unspecified atom stereocenters. The summed E-state index contributed by atoms with van der Waals surface area (Å²) in [6.45, 7) is 5.93. The first-order valence-electron chi connectivity index (χ1n) is 22.9. The Morgan fingerprint density at radius 3 is 1.65 bits per heavy atom. The van der Waals surface area contributed by atoms with Crippen LogP contribution < -0.4 is 15.4 Å². The third kappa shape index (κ3) is 6.93. The van der Waals surface area contributed by atoms with Gasteiger partial charge in [-0.2, -0.15) is 10.2 Å². The Kier molecular flexibility index (Phi) is 10.6. The smallest absolute Gasteiger partial charge is 0.235 e. The van der Waals surface area contributed by atoms with Gasteiger partial charge in [0, 0.05) is 32.8 Å². The number of carbonyl (C=O) groups excluding carboxylic acids is 2. The summed E-state index contributed by atoms with van der Waals surface area (Å²) in [5.74, 6) is 1.72. The van der Waals surface area contributed by atoms with Gasteiger partial charge in [-0.1, -0.05) is 75.9 Å². The molecule has 322 valence electrons. The van der Waals surface area contributed by atoms with Crippen molar-refractivity contribution >= 4 is 23.2 Å². The lowest BCUT2D eigenvalue weighted by atomic mass is 9.78. The summed E-state index contributed by atoms with van der Waals surface area (Å²) in [6, 6.07) is 33.4. The van der Waals surface area contributed by atoms with Crippen molar-refractivity contribution in [1.82, 2.24) is 24.5 Å².